The fourth-order valence-corrected chi connectivity index (χ4v) is 1.80. The molecule has 74 valence electrons. The van der Waals surface area contributed by atoms with E-state index in [1.807, 2.05) is 6.92 Å². The van der Waals surface area contributed by atoms with E-state index in [9.17, 15) is 0 Å². The number of rotatable bonds is 5. The predicted molar refractivity (Wildman–Crippen MR) is 54.2 cm³/mol. The van der Waals surface area contributed by atoms with Crippen LogP contribution in [0.5, 0.6) is 0 Å². The number of nitriles is 1. The Hall–Kier alpha value is -0.550. The van der Waals surface area contributed by atoms with Crippen molar-refractivity contribution in [2.75, 3.05) is 19.6 Å². The van der Waals surface area contributed by atoms with E-state index >= 15 is 0 Å². The largest absolute Gasteiger partial charge is 0.302 e. The van der Waals surface area contributed by atoms with Gasteiger partial charge in [-0.25, -0.2) is 0 Å². The lowest BCUT2D eigenvalue weighted by atomic mass is 9.85. The third-order valence-electron chi connectivity index (χ3n) is 2.94. The number of hydrogen-bond donors (Lipinski definition) is 0. The van der Waals surface area contributed by atoms with Gasteiger partial charge >= 0.3 is 0 Å². The molecule has 0 heterocycles. The quantitative estimate of drug-likeness (QED) is 0.649. The van der Waals surface area contributed by atoms with E-state index in [-0.39, 0.29) is 5.92 Å². The van der Waals surface area contributed by atoms with Crippen molar-refractivity contribution in [1.29, 1.82) is 5.26 Å². The minimum atomic E-state index is 0.181. The Morgan fingerprint density at radius 2 is 2.23 bits per heavy atom. The summed E-state index contributed by atoms with van der Waals surface area (Å²) in [6.07, 6.45) is 4.21. The maximum absolute atomic E-state index is 8.71. The Balaban J connectivity index is 2.21. The number of nitrogens with zero attached hydrogens (tertiary/aromatic N) is 2. The lowest BCUT2D eigenvalue weighted by Gasteiger charge is -2.32. The molecule has 2 heteroatoms. The first-order valence-corrected chi connectivity index (χ1v) is 5.38. The molecular weight excluding hydrogens is 160 g/mol. The Labute approximate surface area is 81.5 Å². The molecule has 1 aliphatic carbocycles. The van der Waals surface area contributed by atoms with Gasteiger partial charge in [-0.1, -0.05) is 13.3 Å². The average molecular weight is 180 g/mol. The minimum Gasteiger partial charge on any atom is -0.302 e. The molecule has 0 aliphatic heterocycles. The van der Waals surface area contributed by atoms with Crippen molar-refractivity contribution in [2.24, 2.45) is 11.8 Å². The van der Waals surface area contributed by atoms with Gasteiger partial charge in [0, 0.05) is 13.1 Å². The van der Waals surface area contributed by atoms with Gasteiger partial charge in [0.15, 0.2) is 0 Å². The highest BCUT2D eigenvalue weighted by atomic mass is 15.1. The standard InChI is InChI=1S/C11H20N2/c1-3-13(8-10(2)7-12)9-11-5-4-6-11/h10-11H,3-6,8-9H2,1-2H3. The predicted octanol–water partition coefficient (Wildman–Crippen LogP) is 2.27. The van der Waals surface area contributed by atoms with E-state index in [0.717, 1.165) is 19.0 Å². The zero-order chi connectivity index (χ0) is 9.68. The van der Waals surface area contributed by atoms with Crippen molar-refractivity contribution < 1.29 is 0 Å². The zero-order valence-corrected chi connectivity index (χ0v) is 8.79. The van der Waals surface area contributed by atoms with E-state index in [0.29, 0.717) is 0 Å². The molecule has 0 amide bonds. The molecule has 0 aromatic carbocycles. The van der Waals surface area contributed by atoms with Crippen LogP contribution in [-0.4, -0.2) is 24.5 Å². The fourth-order valence-electron chi connectivity index (χ4n) is 1.80. The second-order valence-electron chi connectivity index (χ2n) is 4.18. The molecule has 0 aromatic rings. The Bertz CT molecular complexity index is 179. The van der Waals surface area contributed by atoms with Gasteiger partial charge in [0.2, 0.25) is 0 Å². The molecule has 1 atom stereocenters. The summed E-state index contributed by atoms with van der Waals surface area (Å²) in [5.74, 6) is 1.10. The van der Waals surface area contributed by atoms with Gasteiger partial charge in [0.05, 0.1) is 12.0 Å². The molecule has 0 saturated heterocycles. The highest BCUT2D eigenvalue weighted by molar-refractivity contribution is 4.82. The van der Waals surface area contributed by atoms with Crippen LogP contribution < -0.4 is 0 Å². The summed E-state index contributed by atoms with van der Waals surface area (Å²) in [6.45, 7) is 7.43. The molecule has 0 radical (unpaired) electrons. The average Bonchev–Trinajstić information content (AvgIpc) is 2.08. The van der Waals surface area contributed by atoms with Crippen molar-refractivity contribution in [2.45, 2.75) is 33.1 Å². The summed E-state index contributed by atoms with van der Waals surface area (Å²) in [5, 5.41) is 8.71. The summed E-state index contributed by atoms with van der Waals surface area (Å²) in [7, 11) is 0. The second-order valence-corrected chi connectivity index (χ2v) is 4.18. The van der Waals surface area contributed by atoms with Crippen molar-refractivity contribution >= 4 is 0 Å². The first kappa shape index (κ1) is 10.5. The normalized spacial score (nSPS) is 19.5. The summed E-state index contributed by atoms with van der Waals surface area (Å²) < 4.78 is 0. The van der Waals surface area contributed by atoms with Crippen molar-refractivity contribution in [3.8, 4) is 6.07 Å². The fraction of sp³-hybridized carbons (Fsp3) is 0.909. The van der Waals surface area contributed by atoms with Crippen LogP contribution in [-0.2, 0) is 0 Å². The van der Waals surface area contributed by atoms with Gasteiger partial charge in [-0.05, 0) is 32.2 Å². The van der Waals surface area contributed by atoms with Crippen LogP contribution in [0.1, 0.15) is 33.1 Å². The smallest absolute Gasteiger partial charge is 0.0666 e. The maximum Gasteiger partial charge on any atom is 0.0666 e. The van der Waals surface area contributed by atoms with Crippen molar-refractivity contribution in [3.05, 3.63) is 0 Å². The molecule has 2 nitrogen and oxygen atoms in total. The van der Waals surface area contributed by atoms with Gasteiger partial charge in [-0.15, -0.1) is 0 Å². The van der Waals surface area contributed by atoms with Crippen LogP contribution in [0, 0.1) is 23.2 Å². The molecule has 0 bridgehead atoms. The summed E-state index contributed by atoms with van der Waals surface area (Å²) in [5.41, 5.74) is 0. The van der Waals surface area contributed by atoms with E-state index in [2.05, 4.69) is 17.9 Å². The zero-order valence-electron chi connectivity index (χ0n) is 8.79. The monoisotopic (exact) mass is 180 g/mol. The van der Waals surface area contributed by atoms with Crippen LogP contribution in [0.3, 0.4) is 0 Å². The molecule has 1 unspecified atom stereocenters. The molecule has 0 aromatic heterocycles. The van der Waals surface area contributed by atoms with E-state index < -0.39 is 0 Å². The van der Waals surface area contributed by atoms with E-state index in [1.54, 1.807) is 0 Å². The van der Waals surface area contributed by atoms with Crippen molar-refractivity contribution in [1.82, 2.24) is 4.90 Å². The van der Waals surface area contributed by atoms with Crippen molar-refractivity contribution in [3.63, 3.8) is 0 Å². The van der Waals surface area contributed by atoms with Crippen LogP contribution >= 0.6 is 0 Å². The first-order valence-electron chi connectivity index (χ1n) is 5.38. The molecule has 1 saturated carbocycles. The Morgan fingerprint density at radius 3 is 2.62 bits per heavy atom. The maximum atomic E-state index is 8.71. The molecule has 0 N–H and O–H groups in total. The van der Waals surface area contributed by atoms with Gasteiger partial charge in [-0.3, -0.25) is 0 Å². The van der Waals surface area contributed by atoms with E-state index in [1.165, 1.54) is 25.8 Å². The molecule has 1 rings (SSSR count). The van der Waals surface area contributed by atoms with Gasteiger partial charge in [0.1, 0.15) is 0 Å². The third kappa shape index (κ3) is 3.36. The Morgan fingerprint density at radius 1 is 1.54 bits per heavy atom. The van der Waals surface area contributed by atoms with Crippen LogP contribution in [0.15, 0.2) is 0 Å². The van der Waals surface area contributed by atoms with Gasteiger partial charge in [0.25, 0.3) is 0 Å². The lowest BCUT2D eigenvalue weighted by molar-refractivity contribution is 0.175. The molecule has 1 aliphatic rings. The summed E-state index contributed by atoms with van der Waals surface area (Å²) in [6, 6.07) is 2.30. The van der Waals surface area contributed by atoms with E-state index in [4.69, 9.17) is 5.26 Å². The SMILES string of the molecule is CCN(CC(C)C#N)CC1CCC1. The molecule has 0 spiro atoms. The van der Waals surface area contributed by atoms with Crippen LogP contribution in [0.25, 0.3) is 0 Å². The summed E-state index contributed by atoms with van der Waals surface area (Å²) >= 11 is 0. The minimum absolute atomic E-state index is 0.181. The first-order chi connectivity index (χ1) is 6.26. The highest BCUT2D eigenvalue weighted by Crippen LogP contribution is 2.27. The topological polar surface area (TPSA) is 27.0 Å². The lowest BCUT2D eigenvalue weighted by Crippen LogP contribution is -2.35. The Kier molecular flexibility index (Phi) is 4.24. The molecule has 1 fully saturated rings. The third-order valence-corrected chi connectivity index (χ3v) is 2.94. The molecule has 13 heavy (non-hydrogen) atoms. The highest BCUT2D eigenvalue weighted by Gasteiger charge is 2.20. The number of hydrogen-bond acceptors (Lipinski definition) is 2. The summed E-state index contributed by atoms with van der Waals surface area (Å²) in [4.78, 5) is 2.41. The van der Waals surface area contributed by atoms with Crippen LogP contribution in [0.2, 0.25) is 0 Å². The molecular formula is C11H20N2. The van der Waals surface area contributed by atoms with Gasteiger partial charge < -0.3 is 4.90 Å². The van der Waals surface area contributed by atoms with Crippen LogP contribution in [0.4, 0.5) is 0 Å². The van der Waals surface area contributed by atoms with Gasteiger partial charge in [-0.2, -0.15) is 5.26 Å². The second kappa shape index (κ2) is 5.24.